The summed E-state index contributed by atoms with van der Waals surface area (Å²) >= 11 is 0. The SMILES string of the molecule is COc1cccc2c1C1(OCCO1)C1CC2(O)c2c1c(OCCO)c1c(OCc3ccccc3)c3c(cc1c2O)CC(CCO[Si](C(C)C)(C(C)C)C(C)C)OC3C. The molecule has 8 rings (SSSR count). The van der Waals surface area contributed by atoms with Gasteiger partial charge in [-0.2, -0.15) is 0 Å². The van der Waals surface area contributed by atoms with Gasteiger partial charge in [-0.15, -0.1) is 0 Å². The highest BCUT2D eigenvalue weighted by molar-refractivity contribution is 6.77. The Morgan fingerprint density at radius 3 is 2.21 bits per heavy atom. The van der Waals surface area contributed by atoms with Gasteiger partial charge in [0.1, 0.15) is 41.8 Å². The Balaban J connectivity index is 1.31. The summed E-state index contributed by atoms with van der Waals surface area (Å²) in [6, 6.07) is 17.5. The number of phenols is 1. The monoisotopic (exact) mass is 812 g/mol. The van der Waals surface area contributed by atoms with Crippen LogP contribution in [-0.2, 0) is 43.1 Å². The van der Waals surface area contributed by atoms with Crippen LogP contribution < -0.4 is 14.2 Å². The zero-order chi connectivity index (χ0) is 41.1. The molecule has 10 nitrogen and oxygen atoms in total. The highest BCUT2D eigenvalue weighted by Gasteiger charge is 2.65. The smallest absolute Gasteiger partial charge is 0.206 e. The van der Waals surface area contributed by atoms with E-state index in [0.717, 1.165) is 23.1 Å². The molecule has 4 aliphatic rings. The third kappa shape index (κ3) is 6.26. The number of aliphatic hydroxyl groups is 2. The molecule has 3 N–H and O–H groups in total. The number of aliphatic hydroxyl groups excluding tert-OH is 1. The van der Waals surface area contributed by atoms with Gasteiger partial charge in [-0.3, -0.25) is 0 Å². The third-order valence-corrected chi connectivity index (χ3v) is 19.5. The number of phenolic OH excluding ortho intramolecular Hbond substituents is 1. The van der Waals surface area contributed by atoms with E-state index in [4.69, 9.17) is 32.8 Å². The first-order chi connectivity index (χ1) is 27.8. The molecule has 1 fully saturated rings. The number of methoxy groups -OCH3 is 1. The largest absolute Gasteiger partial charge is 0.507 e. The number of hydrogen-bond acceptors (Lipinski definition) is 10. The first-order valence-electron chi connectivity index (χ1n) is 21.1. The molecular formula is C47H60O10Si. The van der Waals surface area contributed by atoms with Crippen molar-refractivity contribution in [2.75, 3.05) is 40.1 Å². The molecule has 4 atom stereocenters. The van der Waals surface area contributed by atoms with Gasteiger partial charge < -0.3 is 48.2 Å². The molecule has 0 saturated carbocycles. The fourth-order valence-corrected chi connectivity index (χ4v) is 16.8. The first-order valence-corrected chi connectivity index (χ1v) is 23.2. The Morgan fingerprint density at radius 2 is 1.55 bits per heavy atom. The van der Waals surface area contributed by atoms with Gasteiger partial charge in [0.2, 0.25) is 5.79 Å². The summed E-state index contributed by atoms with van der Waals surface area (Å²) in [5.41, 5.74) is 4.73. The van der Waals surface area contributed by atoms with Crippen molar-refractivity contribution in [3.63, 3.8) is 0 Å². The lowest BCUT2D eigenvalue weighted by molar-refractivity contribution is -0.198. The summed E-state index contributed by atoms with van der Waals surface area (Å²) in [6.07, 6.45) is 1.00. The molecule has 1 saturated heterocycles. The van der Waals surface area contributed by atoms with Crippen molar-refractivity contribution in [1.82, 2.24) is 0 Å². The molecule has 0 radical (unpaired) electrons. The first kappa shape index (κ1) is 41.1. The highest BCUT2D eigenvalue weighted by Crippen LogP contribution is 2.69. The van der Waals surface area contributed by atoms with Crippen LogP contribution in [0.3, 0.4) is 0 Å². The van der Waals surface area contributed by atoms with Crippen molar-refractivity contribution >= 4 is 19.1 Å². The normalized spacial score (nSPS) is 23.2. The molecule has 4 aromatic rings. The Morgan fingerprint density at radius 1 is 0.862 bits per heavy atom. The summed E-state index contributed by atoms with van der Waals surface area (Å²) in [6.45, 7) is 17.1. The quantitative estimate of drug-likeness (QED) is 0.106. The number of aromatic hydroxyl groups is 1. The van der Waals surface area contributed by atoms with Crippen LogP contribution in [0.15, 0.2) is 54.6 Å². The highest BCUT2D eigenvalue weighted by atomic mass is 28.4. The molecule has 0 amide bonds. The predicted octanol–water partition coefficient (Wildman–Crippen LogP) is 9.03. The van der Waals surface area contributed by atoms with Gasteiger partial charge in [0.15, 0.2) is 8.32 Å². The van der Waals surface area contributed by atoms with Gasteiger partial charge >= 0.3 is 0 Å². The van der Waals surface area contributed by atoms with Crippen molar-refractivity contribution < 1.29 is 48.2 Å². The standard InChI is InChI=1S/C47H60O10Si/c1-27(2)58(28(3)4,29(5)6)56-19-17-33-23-32-24-34-39(44(38(32)30(7)57-33)53-26-31-13-10-9-11-14-31)45(52-20-18-48)40-36-25-46(50,42(40)43(34)49)35-15-12-16-37(51-8)41(35)47(36)54-21-22-55-47/h9-16,24,27-30,33,36,48-50H,17-23,25-26H2,1-8H3. The minimum absolute atomic E-state index is 0.0281. The van der Waals surface area contributed by atoms with Crippen LogP contribution in [0.5, 0.6) is 23.0 Å². The molecule has 2 heterocycles. The van der Waals surface area contributed by atoms with E-state index in [-0.39, 0.29) is 44.2 Å². The van der Waals surface area contributed by atoms with Crippen molar-refractivity contribution in [3.05, 3.63) is 93.5 Å². The van der Waals surface area contributed by atoms with Crippen molar-refractivity contribution in [1.29, 1.82) is 0 Å². The predicted molar refractivity (Wildman–Crippen MR) is 225 cm³/mol. The summed E-state index contributed by atoms with van der Waals surface area (Å²) in [5, 5.41) is 37.0. The van der Waals surface area contributed by atoms with Crippen LogP contribution in [0.2, 0.25) is 16.6 Å². The molecular weight excluding hydrogens is 753 g/mol. The van der Waals surface area contributed by atoms with Crippen LogP contribution >= 0.6 is 0 Å². The lowest BCUT2D eigenvalue weighted by atomic mass is 9.73. The second kappa shape index (κ2) is 15.7. The molecule has 11 heteroatoms. The van der Waals surface area contributed by atoms with Crippen LogP contribution in [0, 0.1) is 0 Å². The molecule has 0 aromatic heterocycles. The lowest BCUT2D eigenvalue weighted by Gasteiger charge is -2.42. The van der Waals surface area contributed by atoms with Crippen LogP contribution in [-0.4, -0.2) is 69.9 Å². The van der Waals surface area contributed by atoms with Crippen LogP contribution in [0.1, 0.15) is 112 Å². The van der Waals surface area contributed by atoms with Gasteiger partial charge in [0.05, 0.1) is 56.0 Å². The van der Waals surface area contributed by atoms with E-state index in [0.29, 0.717) is 93.1 Å². The fourth-order valence-electron chi connectivity index (χ4n) is 11.3. The van der Waals surface area contributed by atoms with Crippen LogP contribution in [0.4, 0.5) is 0 Å². The minimum Gasteiger partial charge on any atom is -0.507 e. The summed E-state index contributed by atoms with van der Waals surface area (Å²) in [7, 11) is -0.484. The molecule has 2 bridgehead atoms. The Kier molecular flexibility index (Phi) is 11.1. The third-order valence-electron chi connectivity index (χ3n) is 13.4. The molecule has 4 aromatic carbocycles. The molecule has 4 unspecified atom stereocenters. The van der Waals surface area contributed by atoms with E-state index in [1.807, 2.05) is 54.6 Å². The second-order valence-corrected chi connectivity index (χ2v) is 22.9. The van der Waals surface area contributed by atoms with Crippen molar-refractivity contribution in [3.8, 4) is 23.0 Å². The van der Waals surface area contributed by atoms with E-state index in [2.05, 4.69) is 48.5 Å². The molecule has 312 valence electrons. The van der Waals surface area contributed by atoms with Crippen LogP contribution in [0.25, 0.3) is 10.8 Å². The van der Waals surface area contributed by atoms with Gasteiger partial charge in [0, 0.05) is 34.2 Å². The zero-order valence-corrected chi connectivity index (χ0v) is 36.2. The molecule has 1 spiro atoms. The number of fused-ring (bicyclic) bond motifs is 6. The Hall–Kier alpha value is -3.68. The minimum atomic E-state index is -2.08. The second-order valence-electron chi connectivity index (χ2n) is 17.4. The summed E-state index contributed by atoms with van der Waals surface area (Å²) < 4.78 is 46.4. The maximum Gasteiger partial charge on any atom is 0.206 e. The van der Waals surface area contributed by atoms with Crippen molar-refractivity contribution in [2.45, 2.75) is 120 Å². The maximum absolute atomic E-state index is 13.0. The summed E-state index contributed by atoms with van der Waals surface area (Å²) in [4.78, 5) is 0. The fraction of sp³-hybridized carbons (Fsp3) is 0.532. The average Bonchev–Trinajstić information content (AvgIpc) is 3.80. The Bertz CT molecular complexity index is 2120. The molecule has 2 aliphatic carbocycles. The van der Waals surface area contributed by atoms with Gasteiger partial charge in [-0.05, 0) is 66.1 Å². The van der Waals surface area contributed by atoms with E-state index in [9.17, 15) is 15.3 Å². The lowest BCUT2D eigenvalue weighted by Crippen LogP contribution is -2.48. The topological polar surface area (TPSA) is 125 Å². The van der Waals surface area contributed by atoms with E-state index < -0.39 is 25.6 Å². The number of ether oxygens (including phenoxy) is 6. The summed E-state index contributed by atoms with van der Waals surface area (Å²) in [5.74, 6) is -0.491. The van der Waals surface area contributed by atoms with E-state index in [1.165, 1.54) is 0 Å². The van der Waals surface area contributed by atoms with Gasteiger partial charge in [-0.1, -0.05) is 84.0 Å². The van der Waals surface area contributed by atoms with E-state index >= 15 is 0 Å². The maximum atomic E-state index is 13.0. The van der Waals surface area contributed by atoms with Gasteiger partial charge in [0.25, 0.3) is 0 Å². The average molecular weight is 813 g/mol. The van der Waals surface area contributed by atoms with Gasteiger partial charge in [-0.25, -0.2) is 0 Å². The number of hydrogen-bond donors (Lipinski definition) is 3. The Labute approximate surface area is 343 Å². The molecule has 2 aliphatic heterocycles. The molecule has 58 heavy (non-hydrogen) atoms. The zero-order valence-electron chi connectivity index (χ0n) is 35.2. The van der Waals surface area contributed by atoms with Crippen molar-refractivity contribution in [2.24, 2.45) is 0 Å². The number of rotatable bonds is 14. The number of benzene rings is 4. The van der Waals surface area contributed by atoms with E-state index in [1.54, 1.807) is 7.11 Å².